The zero-order chi connectivity index (χ0) is 18.8. The zero-order valence-corrected chi connectivity index (χ0v) is 14.8. The van der Waals surface area contributed by atoms with E-state index in [1.807, 2.05) is 6.92 Å². The average molecular weight is 379 g/mol. The van der Waals surface area contributed by atoms with Crippen molar-refractivity contribution in [2.75, 3.05) is 5.43 Å². The summed E-state index contributed by atoms with van der Waals surface area (Å²) in [5.74, 6) is -0.249. The van der Waals surface area contributed by atoms with Crippen LogP contribution in [0, 0.1) is 5.82 Å². The standard InChI is InChI=1S/C16H16ClFN6O2/c1-3-7-24-12-13(23(2)16(26)21-14(12)25)20-15(24)22-19-8-9-10(17)5-4-6-11(9)18/h4-6,8H,3,7H2,1-2H3,(H,20,22)(H,21,25,26)/b19-8+. The van der Waals surface area contributed by atoms with E-state index >= 15 is 0 Å². The Morgan fingerprint density at radius 3 is 2.88 bits per heavy atom. The number of rotatable bonds is 5. The van der Waals surface area contributed by atoms with Gasteiger partial charge in [-0.3, -0.25) is 14.3 Å². The molecule has 0 fully saturated rings. The van der Waals surface area contributed by atoms with E-state index in [1.165, 1.54) is 30.0 Å². The van der Waals surface area contributed by atoms with E-state index in [-0.39, 0.29) is 27.7 Å². The van der Waals surface area contributed by atoms with Crippen molar-refractivity contribution in [3.8, 4) is 0 Å². The highest BCUT2D eigenvalue weighted by molar-refractivity contribution is 6.33. The maximum Gasteiger partial charge on any atom is 0.329 e. The lowest BCUT2D eigenvalue weighted by Crippen LogP contribution is -2.29. The molecule has 0 radical (unpaired) electrons. The van der Waals surface area contributed by atoms with Gasteiger partial charge in [0.1, 0.15) is 5.82 Å². The fraction of sp³-hybridized carbons (Fsp3) is 0.250. The molecule has 0 saturated heterocycles. The number of nitrogens with one attached hydrogen (secondary N) is 2. The highest BCUT2D eigenvalue weighted by Crippen LogP contribution is 2.18. The van der Waals surface area contributed by atoms with Gasteiger partial charge < -0.3 is 4.57 Å². The van der Waals surface area contributed by atoms with Crippen molar-refractivity contribution in [3.63, 3.8) is 0 Å². The second kappa shape index (κ2) is 7.12. The van der Waals surface area contributed by atoms with Crippen molar-refractivity contribution in [3.05, 3.63) is 55.4 Å². The van der Waals surface area contributed by atoms with E-state index < -0.39 is 17.1 Å². The smallest absolute Gasteiger partial charge is 0.303 e. The molecule has 2 heterocycles. The van der Waals surface area contributed by atoms with Crippen LogP contribution in [0.2, 0.25) is 5.02 Å². The fourth-order valence-corrected chi connectivity index (χ4v) is 2.76. The van der Waals surface area contributed by atoms with Gasteiger partial charge in [-0.2, -0.15) is 10.1 Å². The number of nitrogens with zero attached hydrogens (tertiary/aromatic N) is 4. The van der Waals surface area contributed by atoms with E-state index in [1.54, 1.807) is 10.6 Å². The molecule has 2 N–H and O–H groups in total. The summed E-state index contributed by atoms with van der Waals surface area (Å²) in [6.07, 6.45) is 1.96. The Balaban J connectivity index is 2.05. The van der Waals surface area contributed by atoms with Crippen LogP contribution < -0.4 is 16.7 Å². The van der Waals surface area contributed by atoms with Gasteiger partial charge >= 0.3 is 5.69 Å². The Hall–Kier alpha value is -2.94. The molecule has 0 saturated carbocycles. The molecule has 0 aliphatic carbocycles. The lowest BCUT2D eigenvalue weighted by molar-refractivity contribution is 0.626. The van der Waals surface area contributed by atoms with Crippen LogP contribution in [0.15, 0.2) is 32.9 Å². The predicted octanol–water partition coefficient (Wildman–Crippen LogP) is 2.07. The molecule has 136 valence electrons. The van der Waals surface area contributed by atoms with Crippen LogP contribution in [-0.4, -0.2) is 25.3 Å². The SMILES string of the molecule is CCCn1c(N/N=C/c2c(F)cccc2Cl)nc2c1c(=O)[nH]c(=O)n2C. The minimum absolute atomic E-state index is 0.130. The van der Waals surface area contributed by atoms with Crippen LogP contribution in [0.25, 0.3) is 11.2 Å². The number of aromatic nitrogens is 4. The Bertz CT molecular complexity index is 1090. The summed E-state index contributed by atoms with van der Waals surface area (Å²) < 4.78 is 16.6. The van der Waals surface area contributed by atoms with Crippen molar-refractivity contribution in [2.24, 2.45) is 12.1 Å². The Kier molecular flexibility index (Phi) is 4.90. The monoisotopic (exact) mass is 378 g/mol. The first-order valence-corrected chi connectivity index (χ1v) is 8.24. The van der Waals surface area contributed by atoms with Crippen LogP contribution in [0.3, 0.4) is 0 Å². The maximum absolute atomic E-state index is 13.8. The molecule has 3 rings (SSSR count). The van der Waals surface area contributed by atoms with Gasteiger partial charge in [-0.15, -0.1) is 0 Å². The minimum Gasteiger partial charge on any atom is -0.303 e. The summed E-state index contributed by atoms with van der Waals surface area (Å²) in [6, 6.07) is 4.32. The van der Waals surface area contributed by atoms with Crippen LogP contribution in [0.4, 0.5) is 10.3 Å². The first kappa shape index (κ1) is 17.9. The van der Waals surface area contributed by atoms with Crippen molar-refractivity contribution in [1.29, 1.82) is 0 Å². The zero-order valence-electron chi connectivity index (χ0n) is 14.1. The topological polar surface area (TPSA) is 97.1 Å². The number of H-pyrrole nitrogens is 1. The van der Waals surface area contributed by atoms with Crippen molar-refractivity contribution >= 4 is 34.9 Å². The normalized spacial score (nSPS) is 11.5. The van der Waals surface area contributed by atoms with E-state index in [0.717, 1.165) is 6.42 Å². The summed E-state index contributed by atoms with van der Waals surface area (Å²) in [6.45, 7) is 2.42. The van der Waals surface area contributed by atoms with E-state index in [9.17, 15) is 14.0 Å². The molecule has 10 heteroatoms. The second-order valence-corrected chi connectivity index (χ2v) is 5.99. The maximum atomic E-state index is 13.8. The first-order valence-electron chi connectivity index (χ1n) is 7.86. The summed E-state index contributed by atoms with van der Waals surface area (Å²) in [7, 11) is 1.51. The number of hydrogen-bond donors (Lipinski definition) is 2. The van der Waals surface area contributed by atoms with Crippen molar-refractivity contribution in [2.45, 2.75) is 19.9 Å². The lowest BCUT2D eigenvalue weighted by atomic mass is 10.2. The number of aryl methyl sites for hydroxylation is 2. The lowest BCUT2D eigenvalue weighted by Gasteiger charge is -2.06. The number of hydrogen-bond acceptors (Lipinski definition) is 5. The van der Waals surface area contributed by atoms with E-state index in [0.29, 0.717) is 6.54 Å². The Morgan fingerprint density at radius 2 is 2.19 bits per heavy atom. The molecule has 3 aromatic rings. The van der Waals surface area contributed by atoms with E-state index in [2.05, 4.69) is 20.5 Å². The van der Waals surface area contributed by atoms with Gasteiger partial charge in [-0.1, -0.05) is 24.6 Å². The van der Waals surface area contributed by atoms with Crippen LogP contribution in [0.1, 0.15) is 18.9 Å². The molecular formula is C16H16ClFN6O2. The van der Waals surface area contributed by atoms with Gasteiger partial charge in [-0.05, 0) is 18.6 Å². The minimum atomic E-state index is -0.558. The van der Waals surface area contributed by atoms with Crippen molar-refractivity contribution < 1.29 is 4.39 Å². The molecule has 0 unspecified atom stereocenters. The fourth-order valence-electron chi connectivity index (χ4n) is 2.55. The first-order chi connectivity index (χ1) is 12.4. The van der Waals surface area contributed by atoms with Gasteiger partial charge in [0.05, 0.1) is 11.2 Å². The number of halogens is 2. The summed E-state index contributed by atoms with van der Waals surface area (Å²) >= 11 is 5.95. The molecule has 0 atom stereocenters. The summed E-state index contributed by atoms with van der Waals surface area (Å²) in [5, 5.41) is 4.19. The van der Waals surface area contributed by atoms with Gasteiger partial charge in [0.15, 0.2) is 11.2 Å². The molecule has 2 aromatic heterocycles. The number of imidazole rings is 1. The van der Waals surface area contributed by atoms with Gasteiger partial charge in [0.25, 0.3) is 5.56 Å². The molecule has 0 aliphatic rings. The third kappa shape index (κ3) is 3.13. The highest BCUT2D eigenvalue weighted by atomic mass is 35.5. The third-order valence-corrected chi connectivity index (χ3v) is 4.14. The predicted molar refractivity (Wildman–Crippen MR) is 98.5 cm³/mol. The Labute approximate surface area is 151 Å². The summed E-state index contributed by atoms with van der Waals surface area (Å²) in [5.41, 5.74) is 2.22. The molecule has 0 bridgehead atoms. The molecule has 26 heavy (non-hydrogen) atoms. The quantitative estimate of drug-likeness (QED) is 0.524. The number of anilines is 1. The highest BCUT2D eigenvalue weighted by Gasteiger charge is 2.16. The molecule has 0 amide bonds. The van der Waals surface area contributed by atoms with Crippen LogP contribution in [-0.2, 0) is 13.6 Å². The Morgan fingerprint density at radius 1 is 1.42 bits per heavy atom. The molecule has 0 aliphatic heterocycles. The number of aromatic amines is 1. The molecular weight excluding hydrogens is 363 g/mol. The van der Waals surface area contributed by atoms with Crippen molar-refractivity contribution in [1.82, 2.24) is 19.1 Å². The third-order valence-electron chi connectivity index (χ3n) is 3.81. The van der Waals surface area contributed by atoms with Crippen LogP contribution in [0.5, 0.6) is 0 Å². The second-order valence-electron chi connectivity index (χ2n) is 5.58. The molecule has 1 aromatic carbocycles. The van der Waals surface area contributed by atoms with Gasteiger partial charge in [0.2, 0.25) is 5.95 Å². The number of hydrazone groups is 1. The number of fused-ring (bicyclic) bond motifs is 1. The van der Waals surface area contributed by atoms with Gasteiger partial charge in [-0.25, -0.2) is 14.6 Å². The largest absolute Gasteiger partial charge is 0.329 e. The average Bonchev–Trinajstić information content (AvgIpc) is 2.95. The van der Waals surface area contributed by atoms with Crippen LogP contribution >= 0.6 is 11.6 Å². The van der Waals surface area contributed by atoms with E-state index in [4.69, 9.17) is 11.6 Å². The summed E-state index contributed by atoms with van der Waals surface area (Å²) in [4.78, 5) is 30.5. The number of benzene rings is 1. The molecule has 8 nitrogen and oxygen atoms in total. The molecule has 0 spiro atoms. The van der Waals surface area contributed by atoms with Gasteiger partial charge in [0, 0.05) is 19.2 Å².